The molecule has 0 aliphatic heterocycles. The van der Waals surface area contributed by atoms with Crippen molar-refractivity contribution < 1.29 is 4.74 Å². The van der Waals surface area contributed by atoms with Crippen molar-refractivity contribution in [2.75, 3.05) is 12.8 Å². The quantitative estimate of drug-likeness (QED) is 0.770. The lowest BCUT2D eigenvalue weighted by Gasteiger charge is -2.42. The maximum atomic E-state index is 5.98. The predicted molar refractivity (Wildman–Crippen MR) is 71.1 cm³/mol. The Labute approximate surface area is 103 Å². The molecule has 1 aliphatic rings. The molecule has 1 fully saturated rings. The summed E-state index contributed by atoms with van der Waals surface area (Å²) in [7, 11) is 1.68. The van der Waals surface area contributed by atoms with Crippen molar-refractivity contribution in [1.29, 1.82) is 0 Å². The second-order valence-corrected chi connectivity index (χ2v) is 4.91. The van der Waals surface area contributed by atoms with Crippen LogP contribution in [0.5, 0.6) is 5.75 Å². The van der Waals surface area contributed by atoms with E-state index >= 15 is 0 Å². The van der Waals surface area contributed by atoms with Crippen molar-refractivity contribution in [2.24, 2.45) is 0 Å². The monoisotopic (exact) mass is 234 g/mol. The summed E-state index contributed by atoms with van der Waals surface area (Å²) in [5.41, 5.74) is 8.30. The molecular formula is C14H22N2O. The summed E-state index contributed by atoms with van der Waals surface area (Å²) in [6.07, 6.45) is 5.10. The number of nitrogens with two attached hydrogens (primary N) is 1. The van der Waals surface area contributed by atoms with Crippen LogP contribution in [-0.4, -0.2) is 12.6 Å². The zero-order valence-electron chi connectivity index (χ0n) is 10.8. The van der Waals surface area contributed by atoms with E-state index in [0.717, 1.165) is 23.5 Å². The van der Waals surface area contributed by atoms with Gasteiger partial charge in [-0.1, -0.05) is 6.92 Å². The maximum Gasteiger partial charge on any atom is 0.119 e. The standard InChI is InChI=1S/C14H22N2O/c1-3-14(7-4-8-14)16-10-11-9-12(17-2)5-6-13(11)15/h5-6,9,16H,3-4,7-8,10,15H2,1-2H3. The third-order valence-corrected chi connectivity index (χ3v) is 3.99. The number of rotatable bonds is 5. The summed E-state index contributed by atoms with van der Waals surface area (Å²) >= 11 is 0. The van der Waals surface area contributed by atoms with E-state index in [1.807, 2.05) is 18.2 Å². The molecule has 94 valence electrons. The van der Waals surface area contributed by atoms with E-state index < -0.39 is 0 Å². The Morgan fingerprint density at radius 2 is 2.18 bits per heavy atom. The summed E-state index contributed by atoms with van der Waals surface area (Å²) in [5, 5.41) is 3.66. The fourth-order valence-electron chi connectivity index (χ4n) is 2.40. The summed E-state index contributed by atoms with van der Waals surface area (Å²) in [4.78, 5) is 0. The van der Waals surface area contributed by atoms with E-state index in [1.165, 1.54) is 25.7 Å². The van der Waals surface area contributed by atoms with Gasteiger partial charge in [-0.25, -0.2) is 0 Å². The van der Waals surface area contributed by atoms with Crippen molar-refractivity contribution >= 4 is 5.69 Å². The van der Waals surface area contributed by atoms with Crippen LogP contribution in [0, 0.1) is 0 Å². The molecule has 17 heavy (non-hydrogen) atoms. The average molecular weight is 234 g/mol. The molecule has 2 rings (SSSR count). The first-order valence-electron chi connectivity index (χ1n) is 6.36. The van der Waals surface area contributed by atoms with Gasteiger partial charge in [0, 0.05) is 17.8 Å². The minimum absolute atomic E-state index is 0.357. The average Bonchev–Trinajstić information content (AvgIpc) is 2.30. The molecule has 3 N–H and O–H groups in total. The van der Waals surface area contributed by atoms with E-state index in [2.05, 4.69) is 12.2 Å². The maximum absolute atomic E-state index is 5.98. The Kier molecular flexibility index (Phi) is 3.57. The molecule has 0 saturated heterocycles. The molecule has 0 atom stereocenters. The van der Waals surface area contributed by atoms with Crippen molar-refractivity contribution in [3.05, 3.63) is 23.8 Å². The normalized spacial score (nSPS) is 17.5. The largest absolute Gasteiger partial charge is 0.497 e. The highest BCUT2D eigenvalue weighted by molar-refractivity contribution is 5.50. The van der Waals surface area contributed by atoms with Gasteiger partial charge in [0.05, 0.1) is 7.11 Å². The SMILES string of the molecule is CCC1(NCc2cc(OC)ccc2N)CCC1. The van der Waals surface area contributed by atoms with Gasteiger partial charge < -0.3 is 15.8 Å². The number of nitrogen functional groups attached to an aromatic ring is 1. The third kappa shape index (κ3) is 2.55. The van der Waals surface area contributed by atoms with Crippen LogP contribution in [0.3, 0.4) is 0 Å². The number of nitrogens with one attached hydrogen (secondary N) is 1. The number of anilines is 1. The van der Waals surface area contributed by atoms with Gasteiger partial charge >= 0.3 is 0 Å². The molecular weight excluding hydrogens is 212 g/mol. The van der Waals surface area contributed by atoms with Gasteiger partial charge in [-0.2, -0.15) is 0 Å². The number of methoxy groups -OCH3 is 1. The zero-order valence-corrected chi connectivity index (χ0v) is 10.8. The van der Waals surface area contributed by atoms with Crippen molar-refractivity contribution in [2.45, 2.75) is 44.7 Å². The minimum Gasteiger partial charge on any atom is -0.497 e. The summed E-state index contributed by atoms with van der Waals surface area (Å²) in [6, 6.07) is 5.83. The van der Waals surface area contributed by atoms with Crippen LogP contribution in [-0.2, 0) is 6.54 Å². The van der Waals surface area contributed by atoms with Crippen LogP contribution in [0.15, 0.2) is 18.2 Å². The van der Waals surface area contributed by atoms with E-state index in [-0.39, 0.29) is 0 Å². The second-order valence-electron chi connectivity index (χ2n) is 4.91. The Morgan fingerprint density at radius 1 is 1.41 bits per heavy atom. The molecule has 0 bridgehead atoms. The molecule has 0 radical (unpaired) electrons. The number of benzene rings is 1. The summed E-state index contributed by atoms with van der Waals surface area (Å²) < 4.78 is 5.23. The third-order valence-electron chi connectivity index (χ3n) is 3.99. The van der Waals surface area contributed by atoms with Crippen LogP contribution < -0.4 is 15.8 Å². The fraction of sp³-hybridized carbons (Fsp3) is 0.571. The molecule has 0 aromatic heterocycles. The zero-order chi connectivity index (χ0) is 12.3. The molecule has 0 unspecified atom stereocenters. The molecule has 1 saturated carbocycles. The van der Waals surface area contributed by atoms with Crippen molar-refractivity contribution in [1.82, 2.24) is 5.32 Å². The first-order chi connectivity index (χ1) is 8.19. The second kappa shape index (κ2) is 4.96. The van der Waals surface area contributed by atoms with Crippen LogP contribution in [0.1, 0.15) is 38.2 Å². The predicted octanol–water partition coefficient (Wildman–Crippen LogP) is 2.70. The molecule has 3 nitrogen and oxygen atoms in total. The lowest BCUT2D eigenvalue weighted by molar-refractivity contribution is 0.175. The first kappa shape index (κ1) is 12.2. The van der Waals surface area contributed by atoms with Gasteiger partial charge in [0.1, 0.15) is 5.75 Å². The lowest BCUT2D eigenvalue weighted by Crippen LogP contribution is -2.49. The van der Waals surface area contributed by atoms with E-state index in [0.29, 0.717) is 5.54 Å². The molecule has 0 spiro atoms. The van der Waals surface area contributed by atoms with Crippen LogP contribution >= 0.6 is 0 Å². The van der Waals surface area contributed by atoms with Gasteiger partial charge in [-0.3, -0.25) is 0 Å². The first-order valence-corrected chi connectivity index (χ1v) is 6.36. The highest BCUT2D eigenvalue weighted by atomic mass is 16.5. The summed E-state index contributed by atoms with van der Waals surface area (Å²) in [6.45, 7) is 3.08. The van der Waals surface area contributed by atoms with Gasteiger partial charge in [0.25, 0.3) is 0 Å². The molecule has 0 heterocycles. The van der Waals surface area contributed by atoms with Crippen molar-refractivity contribution in [3.8, 4) is 5.75 Å². The number of hydrogen-bond donors (Lipinski definition) is 2. The molecule has 3 heteroatoms. The Balaban J connectivity index is 2.02. The van der Waals surface area contributed by atoms with E-state index in [1.54, 1.807) is 7.11 Å². The molecule has 0 amide bonds. The number of ether oxygens (including phenoxy) is 1. The van der Waals surface area contributed by atoms with Crippen molar-refractivity contribution in [3.63, 3.8) is 0 Å². The highest BCUT2D eigenvalue weighted by Gasteiger charge is 2.34. The fourth-order valence-corrected chi connectivity index (χ4v) is 2.40. The smallest absolute Gasteiger partial charge is 0.119 e. The Bertz CT molecular complexity index is 380. The summed E-state index contributed by atoms with van der Waals surface area (Å²) in [5.74, 6) is 0.871. The van der Waals surface area contributed by atoms with Crippen LogP contribution in [0.4, 0.5) is 5.69 Å². The highest BCUT2D eigenvalue weighted by Crippen LogP contribution is 2.35. The van der Waals surface area contributed by atoms with Gasteiger partial charge in [-0.05, 0) is 49.4 Å². The number of hydrogen-bond acceptors (Lipinski definition) is 3. The van der Waals surface area contributed by atoms with Gasteiger partial charge in [0.2, 0.25) is 0 Å². The molecule has 1 aromatic carbocycles. The van der Waals surface area contributed by atoms with Crippen LogP contribution in [0.25, 0.3) is 0 Å². The molecule has 1 aromatic rings. The van der Waals surface area contributed by atoms with Gasteiger partial charge in [0.15, 0.2) is 0 Å². The lowest BCUT2D eigenvalue weighted by atomic mass is 9.75. The van der Waals surface area contributed by atoms with Crippen LogP contribution in [0.2, 0.25) is 0 Å². The topological polar surface area (TPSA) is 47.3 Å². The van der Waals surface area contributed by atoms with E-state index in [9.17, 15) is 0 Å². The van der Waals surface area contributed by atoms with E-state index in [4.69, 9.17) is 10.5 Å². The Hall–Kier alpha value is -1.22. The minimum atomic E-state index is 0.357. The van der Waals surface area contributed by atoms with Gasteiger partial charge in [-0.15, -0.1) is 0 Å². The Morgan fingerprint density at radius 3 is 2.71 bits per heavy atom. The molecule has 1 aliphatic carbocycles.